The van der Waals surface area contributed by atoms with Crippen molar-refractivity contribution in [2.75, 3.05) is 53.4 Å². The molecule has 0 radical (unpaired) electrons. The van der Waals surface area contributed by atoms with E-state index in [-0.39, 0.29) is 54.4 Å². The minimum absolute atomic E-state index is 0.0126. The van der Waals surface area contributed by atoms with Crippen molar-refractivity contribution in [3.63, 3.8) is 0 Å². The molecule has 11 nitrogen and oxygen atoms in total. The zero-order valence-electron chi connectivity index (χ0n) is 37.2. The van der Waals surface area contributed by atoms with Crippen molar-refractivity contribution in [2.45, 2.75) is 104 Å². The Hall–Kier alpha value is -4.00. The number of carbonyl (C=O) groups is 2. The van der Waals surface area contributed by atoms with Gasteiger partial charge in [0, 0.05) is 61.0 Å². The quantitative estimate of drug-likeness (QED) is 0.175. The lowest BCUT2D eigenvalue weighted by Gasteiger charge is -2.50. The lowest BCUT2D eigenvalue weighted by Crippen LogP contribution is -2.56. The van der Waals surface area contributed by atoms with Gasteiger partial charge < -0.3 is 35.0 Å². The van der Waals surface area contributed by atoms with Crippen LogP contribution in [0.3, 0.4) is 0 Å². The second kappa shape index (κ2) is 18.3. The lowest BCUT2D eigenvalue weighted by molar-refractivity contribution is -0.182. The summed E-state index contributed by atoms with van der Waals surface area (Å²) in [5, 5.41) is 26.5. The van der Waals surface area contributed by atoms with Crippen molar-refractivity contribution in [3.05, 3.63) is 83.4 Å². The van der Waals surface area contributed by atoms with Gasteiger partial charge in [-0.15, -0.1) is 0 Å². The fraction of sp³-hybridized carbons (Fsp3) is 0.583. The lowest BCUT2D eigenvalue weighted by atomic mass is 9.58. The Kier molecular flexibility index (Phi) is 13.8. The minimum atomic E-state index is -0.916. The van der Waals surface area contributed by atoms with E-state index in [9.17, 15) is 19.8 Å². The van der Waals surface area contributed by atoms with Gasteiger partial charge in [-0.25, -0.2) is 0 Å². The Balaban J connectivity index is 1.35. The van der Waals surface area contributed by atoms with Gasteiger partial charge >= 0.3 is 0 Å². The molecule has 10 atom stereocenters. The molecule has 11 heteroatoms. The zero-order chi connectivity index (χ0) is 42.9. The highest BCUT2D eigenvalue weighted by Gasteiger charge is 2.51. The first kappa shape index (κ1) is 44.5. The van der Waals surface area contributed by atoms with Crippen LogP contribution in [-0.2, 0) is 16.2 Å². The monoisotopic (exact) mass is 812 g/mol. The van der Waals surface area contributed by atoms with Crippen LogP contribution in [0.2, 0.25) is 0 Å². The van der Waals surface area contributed by atoms with E-state index < -0.39 is 24.2 Å². The molecular formula is C48H69N5O6. The predicted molar refractivity (Wildman–Crippen MR) is 234 cm³/mol. The molecule has 0 aromatic heterocycles. The average molecular weight is 812 g/mol. The molecule has 6 rings (SSSR count). The number of aliphatic hydroxyl groups excluding tert-OH is 2. The molecule has 3 fully saturated rings. The molecule has 0 unspecified atom stereocenters. The Morgan fingerprint density at radius 1 is 1.00 bits per heavy atom. The van der Waals surface area contributed by atoms with E-state index in [1.165, 1.54) is 0 Å². The number of nitrogens with zero attached hydrogens (tertiary/aromatic N) is 4. The summed E-state index contributed by atoms with van der Waals surface area (Å²) in [5.74, 6) is 0.737. The molecule has 59 heavy (non-hydrogen) atoms. The standard InChI is InChI=1S/C48H69N5O6/c1-29-22-40(30(2)31(3)48(29,5)6)49-46(56)44-43(32(4)55)42(28-54)59-52(44)26-34-18-15-19-39(45(34)58-11)35-23-36(25-38(24-35)51(9)10)47(57)53-37(27-50(7)8)20-21-41(53)33-16-13-12-14-17-33/h12-19,23-25,29-32,37,40-44,54-55H,20-22,26-28H2,1-11H3,(H,49,56)/t29-,30+,31+,32+,37+,40+,41-,42+,43-,44+/m1/s1. The molecule has 3 N–H and O–H groups in total. The van der Waals surface area contributed by atoms with Gasteiger partial charge in [-0.2, -0.15) is 5.06 Å². The normalized spacial score (nSPS) is 28.8. The average Bonchev–Trinajstić information content (AvgIpc) is 3.80. The van der Waals surface area contributed by atoms with Gasteiger partial charge in [-0.1, -0.05) is 83.1 Å². The van der Waals surface area contributed by atoms with E-state index >= 15 is 0 Å². The molecule has 1 saturated carbocycles. The molecule has 2 heterocycles. The number of hydrogen-bond donors (Lipinski definition) is 3. The van der Waals surface area contributed by atoms with Crippen LogP contribution in [0, 0.1) is 29.1 Å². The van der Waals surface area contributed by atoms with Crippen LogP contribution in [0.15, 0.2) is 66.7 Å². The predicted octanol–water partition coefficient (Wildman–Crippen LogP) is 6.63. The maximum absolute atomic E-state index is 14.9. The molecule has 0 bridgehead atoms. The number of ether oxygens (including phenoxy) is 1. The molecule has 2 aliphatic heterocycles. The molecular weight excluding hydrogens is 743 g/mol. The number of likely N-dealkylation sites (N-methyl/N-ethyl adjacent to an activating group) is 1. The summed E-state index contributed by atoms with van der Waals surface area (Å²) < 4.78 is 6.18. The number of carbonyl (C=O) groups excluding carboxylic acids is 2. The Bertz CT molecular complexity index is 1920. The van der Waals surface area contributed by atoms with Crippen molar-refractivity contribution >= 4 is 17.5 Å². The third-order valence-corrected chi connectivity index (χ3v) is 14.3. The van der Waals surface area contributed by atoms with Crippen LogP contribution in [0.1, 0.15) is 88.3 Å². The summed E-state index contributed by atoms with van der Waals surface area (Å²) in [6.45, 7) is 13.6. The summed E-state index contributed by atoms with van der Waals surface area (Å²) in [4.78, 5) is 41.9. The highest BCUT2D eigenvalue weighted by molar-refractivity contribution is 5.98. The van der Waals surface area contributed by atoms with Crippen LogP contribution >= 0.6 is 0 Å². The van der Waals surface area contributed by atoms with Gasteiger partial charge in [0.2, 0.25) is 5.91 Å². The largest absolute Gasteiger partial charge is 0.496 e. The van der Waals surface area contributed by atoms with E-state index in [2.05, 4.69) is 82.0 Å². The highest BCUT2D eigenvalue weighted by Crippen LogP contribution is 2.48. The number of hydrogen-bond acceptors (Lipinski definition) is 9. The number of nitrogens with one attached hydrogen (secondary N) is 1. The molecule has 322 valence electrons. The van der Waals surface area contributed by atoms with Crippen molar-refractivity contribution < 1.29 is 29.4 Å². The van der Waals surface area contributed by atoms with Crippen molar-refractivity contribution in [1.29, 1.82) is 0 Å². The SMILES string of the molecule is COc1c(CN2O[C@@H](CO)[C@@H]([C@H](C)O)[C@H]2C(=O)N[C@H]2C[C@@H](C)C(C)(C)[C@@H](C)[C@@H]2C)cccc1-c1cc(C(=O)N2[C@H](CN(C)C)CC[C@@H]2c2ccccc2)cc(N(C)C)c1. The van der Waals surface area contributed by atoms with Gasteiger partial charge in [0.1, 0.15) is 17.9 Å². The maximum Gasteiger partial charge on any atom is 0.254 e. The number of hydroxylamine groups is 2. The number of aliphatic hydroxyl groups is 2. The van der Waals surface area contributed by atoms with Crippen LogP contribution in [-0.4, -0.2) is 116 Å². The Labute approximate surface area is 352 Å². The van der Waals surface area contributed by atoms with Crippen molar-refractivity contribution in [1.82, 2.24) is 20.2 Å². The van der Waals surface area contributed by atoms with Gasteiger partial charge in [-0.05, 0) is 92.8 Å². The number of methoxy groups -OCH3 is 1. The molecule has 2 saturated heterocycles. The van der Waals surface area contributed by atoms with Crippen LogP contribution in [0.25, 0.3) is 11.1 Å². The number of anilines is 1. The van der Waals surface area contributed by atoms with Gasteiger partial charge in [0.05, 0.1) is 32.4 Å². The molecule has 3 aliphatic rings. The van der Waals surface area contributed by atoms with Crippen LogP contribution in [0.4, 0.5) is 5.69 Å². The van der Waals surface area contributed by atoms with E-state index in [1.54, 1.807) is 19.1 Å². The first-order chi connectivity index (χ1) is 28.0. The second-order valence-electron chi connectivity index (χ2n) is 18.7. The number of para-hydroxylation sites is 1. The summed E-state index contributed by atoms with van der Waals surface area (Å²) >= 11 is 0. The Morgan fingerprint density at radius 3 is 2.34 bits per heavy atom. The molecule has 3 aromatic carbocycles. The van der Waals surface area contributed by atoms with E-state index in [0.717, 1.165) is 53.7 Å². The highest BCUT2D eigenvalue weighted by atomic mass is 16.7. The second-order valence-corrected chi connectivity index (χ2v) is 18.7. The summed E-state index contributed by atoms with van der Waals surface area (Å²) in [6, 6.07) is 21.3. The molecule has 3 aromatic rings. The minimum Gasteiger partial charge on any atom is -0.496 e. The van der Waals surface area contributed by atoms with Gasteiger partial charge in [0.15, 0.2) is 0 Å². The first-order valence-corrected chi connectivity index (χ1v) is 21.5. The third-order valence-electron chi connectivity index (χ3n) is 14.3. The first-order valence-electron chi connectivity index (χ1n) is 21.5. The van der Waals surface area contributed by atoms with E-state index in [4.69, 9.17) is 9.57 Å². The number of likely N-dealkylation sites (tertiary alicyclic amines) is 1. The number of rotatable bonds is 13. The summed E-state index contributed by atoms with van der Waals surface area (Å²) in [5.41, 5.74) is 5.13. The van der Waals surface area contributed by atoms with Gasteiger partial charge in [0.25, 0.3) is 5.91 Å². The number of amides is 2. The summed E-state index contributed by atoms with van der Waals surface area (Å²) in [7, 11) is 9.68. The van der Waals surface area contributed by atoms with Gasteiger partial charge in [-0.3, -0.25) is 14.4 Å². The zero-order valence-corrected chi connectivity index (χ0v) is 37.2. The van der Waals surface area contributed by atoms with Crippen molar-refractivity contribution in [2.24, 2.45) is 29.1 Å². The van der Waals surface area contributed by atoms with E-state index in [1.807, 2.05) is 67.5 Å². The van der Waals surface area contributed by atoms with Crippen LogP contribution < -0.4 is 15.0 Å². The number of benzene rings is 3. The molecule has 1 aliphatic carbocycles. The topological polar surface area (TPSA) is 118 Å². The van der Waals surface area contributed by atoms with E-state index in [0.29, 0.717) is 23.1 Å². The molecule has 0 spiro atoms. The fourth-order valence-corrected chi connectivity index (χ4v) is 10.1. The molecule has 2 amide bonds. The van der Waals surface area contributed by atoms with Crippen LogP contribution in [0.5, 0.6) is 5.75 Å². The Morgan fingerprint density at radius 2 is 1.71 bits per heavy atom. The fourth-order valence-electron chi connectivity index (χ4n) is 10.1. The summed E-state index contributed by atoms with van der Waals surface area (Å²) in [6.07, 6.45) is 0.979. The van der Waals surface area contributed by atoms with Crippen molar-refractivity contribution in [3.8, 4) is 16.9 Å². The smallest absolute Gasteiger partial charge is 0.254 e. The maximum atomic E-state index is 14.9. The third kappa shape index (κ3) is 9.05.